The number of hydrogen-bond donors (Lipinski definition) is 2. The molecule has 3 rings (SSSR count). The topological polar surface area (TPSA) is 64.2 Å². The van der Waals surface area contributed by atoms with Crippen molar-refractivity contribution in [1.29, 1.82) is 0 Å². The number of ether oxygens (including phenoxy) is 4. The van der Waals surface area contributed by atoms with E-state index in [1.54, 1.807) is 7.11 Å². The van der Waals surface area contributed by atoms with Gasteiger partial charge in [-0.05, 0) is 20.8 Å². The van der Waals surface area contributed by atoms with Crippen LogP contribution in [0.1, 0.15) is 20.8 Å². The number of nitrogens with zero attached hydrogens (tertiary/aromatic N) is 1. The zero-order valence-electron chi connectivity index (χ0n) is 12.4. The highest BCUT2D eigenvalue weighted by Crippen LogP contribution is 2.33. The van der Waals surface area contributed by atoms with E-state index in [9.17, 15) is 0 Å². The van der Waals surface area contributed by atoms with Gasteiger partial charge in [-0.3, -0.25) is 5.01 Å². The normalized spacial score (nSPS) is 40.0. The van der Waals surface area contributed by atoms with Crippen LogP contribution in [-0.4, -0.2) is 55.5 Å². The van der Waals surface area contributed by atoms with Crippen molar-refractivity contribution in [3.63, 3.8) is 0 Å². The molecular weight excluding hydrogens is 262 g/mol. The van der Waals surface area contributed by atoms with Gasteiger partial charge in [0.1, 0.15) is 24.4 Å². The van der Waals surface area contributed by atoms with Crippen molar-refractivity contribution in [1.82, 2.24) is 16.0 Å². The third kappa shape index (κ3) is 2.51. The summed E-state index contributed by atoms with van der Waals surface area (Å²) in [5.74, 6) is -0.607. The number of allylic oxidation sites excluding steroid dienone is 1. The molecule has 0 aliphatic carbocycles. The summed E-state index contributed by atoms with van der Waals surface area (Å²) in [5.41, 5.74) is 7.27. The average Bonchev–Trinajstić information content (AvgIpc) is 2.82. The first-order chi connectivity index (χ1) is 9.50. The van der Waals surface area contributed by atoms with Crippen LogP contribution in [0.2, 0.25) is 0 Å². The molecule has 2 saturated heterocycles. The van der Waals surface area contributed by atoms with Gasteiger partial charge in [-0.15, -0.1) is 5.53 Å². The highest BCUT2D eigenvalue weighted by molar-refractivity contribution is 5.05. The Morgan fingerprint density at radius 1 is 1.40 bits per heavy atom. The lowest BCUT2D eigenvalue weighted by molar-refractivity contribution is -0.341. The van der Waals surface area contributed by atoms with Crippen molar-refractivity contribution in [2.45, 2.75) is 50.9 Å². The van der Waals surface area contributed by atoms with E-state index in [-0.39, 0.29) is 24.4 Å². The molecule has 0 unspecified atom stereocenters. The maximum atomic E-state index is 6.10. The molecule has 2 fully saturated rings. The van der Waals surface area contributed by atoms with Crippen molar-refractivity contribution in [2.24, 2.45) is 0 Å². The summed E-state index contributed by atoms with van der Waals surface area (Å²) in [6.07, 6.45) is 1.76. The van der Waals surface area contributed by atoms with Crippen LogP contribution in [-0.2, 0) is 18.9 Å². The van der Waals surface area contributed by atoms with Crippen LogP contribution < -0.4 is 11.0 Å². The molecule has 0 radical (unpaired) electrons. The van der Waals surface area contributed by atoms with Gasteiger partial charge < -0.3 is 24.4 Å². The van der Waals surface area contributed by atoms with E-state index in [1.807, 2.05) is 32.0 Å². The van der Waals surface area contributed by atoms with E-state index in [4.69, 9.17) is 18.9 Å². The van der Waals surface area contributed by atoms with Gasteiger partial charge in [-0.25, -0.2) is 0 Å². The van der Waals surface area contributed by atoms with Gasteiger partial charge in [0.25, 0.3) is 0 Å². The minimum Gasteiger partial charge on any atom is -0.377 e. The lowest BCUT2D eigenvalue weighted by Crippen LogP contribution is -2.67. The summed E-state index contributed by atoms with van der Waals surface area (Å²) < 4.78 is 23.2. The minimum atomic E-state index is -0.607. The molecule has 7 heteroatoms. The van der Waals surface area contributed by atoms with Crippen LogP contribution in [0.5, 0.6) is 0 Å². The number of rotatable bonds is 2. The molecule has 0 aromatic rings. The van der Waals surface area contributed by atoms with E-state index < -0.39 is 5.79 Å². The van der Waals surface area contributed by atoms with Gasteiger partial charge in [0.05, 0.1) is 13.2 Å². The standard InChI is InChI=1S/C13H23N3O4/c1-8-5-16(15-14-8)11-9(17-4)6-18-10-7-19-13(2,3)20-12(10)11/h5,9-12,14-15H,6-7H2,1-4H3/t9-,10+,11+,12-/m0/s1. The Hall–Kier alpha value is -0.860. The molecule has 0 saturated carbocycles. The van der Waals surface area contributed by atoms with Crippen molar-refractivity contribution in [3.8, 4) is 0 Å². The summed E-state index contributed by atoms with van der Waals surface area (Å²) in [6, 6.07) is 0.0203. The average molecular weight is 285 g/mol. The van der Waals surface area contributed by atoms with Crippen LogP contribution in [0.4, 0.5) is 0 Å². The summed E-state index contributed by atoms with van der Waals surface area (Å²) >= 11 is 0. The molecule has 0 bridgehead atoms. The Kier molecular flexibility index (Phi) is 3.64. The fourth-order valence-corrected chi connectivity index (χ4v) is 2.91. The summed E-state index contributed by atoms with van der Waals surface area (Å²) in [6.45, 7) is 6.91. The van der Waals surface area contributed by atoms with E-state index in [2.05, 4.69) is 11.0 Å². The third-order valence-electron chi connectivity index (χ3n) is 3.91. The molecule has 3 aliphatic rings. The number of nitrogens with one attached hydrogen (secondary N) is 2. The maximum absolute atomic E-state index is 6.10. The Morgan fingerprint density at radius 3 is 2.85 bits per heavy atom. The second-order valence-electron chi connectivity index (χ2n) is 5.89. The van der Waals surface area contributed by atoms with E-state index in [1.165, 1.54) is 0 Å². The fraction of sp³-hybridized carbons (Fsp3) is 0.846. The summed E-state index contributed by atoms with van der Waals surface area (Å²) in [4.78, 5) is 0. The smallest absolute Gasteiger partial charge is 0.163 e. The Balaban J connectivity index is 1.84. The molecule has 4 atom stereocenters. The zero-order valence-corrected chi connectivity index (χ0v) is 12.4. The second kappa shape index (κ2) is 5.16. The van der Waals surface area contributed by atoms with Crippen molar-refractivity contribution in [3.05, 3.63) is 11.9 Å². The Bertz CT molecular complexity index is 401. The van der Waals surface area contributed by atoms with Crippen LogP contribution >= 0.6 is 0 Å². The van der Waals surface area contributed by atoms with Crippen LogP contribution in [0, 0.1) is 0 Å². The summed E-state index contributed by atoms with van der Waals surface area (Å²) in [5, 5.41) is 2.01. The molecule has 0 aromatic carbocycles. The number of hydrazine groups is 2. The lowest BCUT2D eigenvalue weighted by Gasteiger charge is -2.50. The van der Waals surface area contributed by atoms with Crippen molar-refractivity contribution >= 4 is 0 Å². The van der Waals surface area contributed by atoms with Crippen LogP contribution in [0.15, 0.2) is 11.9 Å². The first-order valence-corrected chi connectivity index (χ1v) is 6.95. The highest BCUT2D eigenvalue weighted by atomic mass is 16.7. The quantitative estimate of drug-likeness (QED) is 0.746. The molecule has 0 amide bonds. The monoisotopic (exact) mass is 285 g/mol. The van der Waals surface area contributed by atoms with Gasteiger partial charge in [0.15, 0.2) is 5.79 Å². The third-order valence-corrected chi connectivity index (χ3v) is 3.91. The number of methoxy groups -OCH3 is 1. The second-order valence-corrected chi connectivity index (χ2v) is 5.89. The largest absolute Gasteiger partial charge is 0.377 e. The van der Waals surface area contributed by atoms with E-state index in [0.29, 0.717) is 13.2 Å². The minimum absolute atomic E-state index is 0.0203. The van der Waals surface area contributed by atoms with Gasteiger partial charge in [-0.1, -0.05) is 0 Å². The first kappa shape index (κ1) is 14.1. The SMILES string of the molecule is CO[C@H]1CO[C@@H]2COC(C)(C)O[C@@H]2[C@@H]1N1C=C(C)NN1. The molecule has 114 valence electrons. The molecule has 3 heterocycles. The molecule has 0 aromatic heterocycles. The zero-order chi connectivity index (χ0) is 14.3. The van der Waals surface area contributed by atoms with Gasteiger partial charge in [0, 0.05) is 19.0 Å². The highest BCUT2D eigenvalue weighted by Gasteiger charge is 2.50. The number of fused-ring (bicyclic) bond motifs is 1. The van der Waals surface area contributed by atoms with Gasteiger partial charge in [0.2, 0.25) is 0 Å². The van der Waals surface area contributed by atoms with Gasteiger partial charge in [-0.2, -0.15) is 0 Å². The summed E-state index contributed by atoms with van der Waals surface area (Å²) in [7, 11) is 1.70. The van der Waals surface area contributed by atoms with Gasteiger partial charge >= 0.3 is 0 Å². The maximum Gasteiger partial charge on any atom is 0.163 e. The first-order valence-electron chi connectivity index (χ1n) is 6.95. The number of hydrogen-bond acceptors (Lipinski definition) is 7. The van der Waals surface area contributed by atoms with E-state index in [0.717, 1.165) is 5.70 Å². The Morgan fingerprint density at radius 2 is 2.20 bits per heavy atom. The molecule has 20 heavy (non-hydrogen) atoms. The fourth-order valence-electron chi connectivity index (χ4n) is 2.91. The van der Waals surface area contributed by atoms with E-state index >= 15 is 0 Å². The van der Waals surface area contributed by atoms with Crippen molar-refractivity contribution < 1.29 is 18.9 Å². The molecule has 3 aliphatic heterocycles. The van der Waals surface area contributed by atoms with Crippen molar-refractivity contribution in [2.75, 3.05) is 20.3 Å². The Labute approximate surface area is 119 Å². The molecule has 7 nitrogen and oxygen atoms in total. The predicted molar refractivity (Wildman–Crippen MR) is 71.1 cm³/mol. The molecule has 0 spiro atoms. The molecule has 2 N–H and O–H groups in total. The van der Waals surface area contributed by atoms with Crippen LogP contribution in [0.25, 0.3) is 0 Å². The predicted octanol–water partition coefficient (Wildman–Crippen LogP) is 0.106. The van der Waals surface area contributed by atoms with Crippen LogP contribution in [0.3, 0.4) is 0 Å². The lowest BCUT2D eigenvalue weighted by atomic mass is 9.95. The molecular formula is C13H23N3O4.